The molecule has 0 atom stereocenters. The molecule has 23 heavy (non-hydrogen) atoms. The molecule has 1 aromatic heterocycles. The second kappa shape index (κ2) is 5.51. The van der Waals surface area contributed by atoms with E-state index in [0.717, 1.165) is 18.4 Å². The molecule has 3 aromatic rings. The molecule has 0 fully saturated rings. The van der Waals surface area contributed by atoms with E-state index in [1.807, 2.05) is 0 Å². The number of anilines is 1. The Hall–Kier alpha value is -2.67. The maximum Gasteiger partial charge on any atom is 0.270 e. The number of halogens is 1. The molecule has 0 spiro atoms. The summed E-state index contributed by atoms with van der Waals surface area (Å²) in [7, 11) is -4.14. The third-order valence-corrected chi connectivity index (χ3v) is 5.19. The van der Waals surface area contributed by atoms with E-state index in [-0.39, 0.29) is 10.6 Å². The van der Waals surface area contributed by atoms with Crippen molar-refractivity contribution in [1.82, 2.24) is 4.98 Å². The lowest BCUT2D eigenvalue weighted by molar-refractivity contribution is -0.115. The van der Waals surface area contributed by atoms with Crippen LogP contribution < -0.4 is 4.31 Å². The standard InChI is InChI=1S/C16H13FN2O3S/c1-11(20)19(14-4-2-3-13(17)9-14)23(21,22)15-6-5-12-7-8-18-16(12)10-15/h2-10,18H,1H3. The van der Waals surface area contributed by atoms with E-state index in [4.69, 9.17) is 0 Å². The topological polar surface area (TPSA) is 70.2 Å². The monoisotopic (exact) mass is 332 g/mol. The van der Waals surface area contributed by atoms with E-state index in [1.54, 1.807) is 18.3 Å². The van der Waals surface area contributed by atoms with Gasteiger partial charge >= 0.3 is 0 Å². The van der Waals surface area contributed by atoms with Crippen LogP contribution in [0.25, 0.3) is 10.9 Å². The van der Waals surface area contributed by atoms with Gasteiger partial charge in [0.15, 0.2) is 0 Å². The van der Waals surface area contributed by atoms with Crippen LogP contribution in [0.5, 0.6) is 0 Å². The van der Waals surface area contributed by atoms with Crippen LogP contribution in [-0.2, 0) is 14.8 Å². The van der Waals surface area contributed by atoms with Crippen molar-refractivity contribution in [3.05, 3.63) is 60.5 Å². The molecule has 0 bridgehead atoms. The summed E-state index contributed by atoms with van der Waals surface area (Å²) < 4.78 is 39.6. The minimum atomic E-state index is -4.14. The second-order valence-electron chi connectivity index (χ2n) is 5.00. The van der Waals surface area contributed by atoms with Crippen LogP contribution in [0.3, 0.4) is 0 Å². The Morgan fingerprint density at radius 1 is 1.13 bits per heavy atom. The first-order valence-corrected chi connectivity index (χ1v) is 8.22. The molecule has 0 aliphatic heterocycles. The van der Waals surface area contributed by atoms with Crippen molar-refractivity contribution < 1.29 is 17.6 Å². The van der Waals surface area contributed by atoms with E-state index in [0.29, 0.717) is 9.82 Å². The lowest BCUT2D eigenvalue weighted by Gasteiger charge is -2.21. The molecule has 0 saturated heterocycles. The maximum atomic E-state index is 13.4. The van der Waals surface area contributed by atoms with Crippen LogP contribution in [0.4, 0.5) is 10.1 Å². The number of amides is 1. The van der Waals surface area contributed by atoms with Crippen LogP contribution in [0, 0.1) is 5.82 Å². The molecular weight excluding hydrogens is 319 g/mol. The van der Waals surface area contributed by atoms with Crippen LogP contribution >= 0.6 is 0 Å². The second-order valence-corrected chi connectivity index (χ2v) is 6.78. The minimum absolute atomic E-state index is 0.0379. The van der Waals surface area contributed by atoms with Crippen molar-refractivity contribution in [3.63, 3.8) is 0 Å². The highest BCUT2D eigenvalue weighted by molar-refractivity contribution is 7.93. The highest BCUT2D eigenvalue weighted by Gasteiger charge is 2.29. The van der Waals surface area contributed by atoms with Gasteiger partial charge in [0.1, 0.15) is 5.82 Å². The quantitative estimate of drug-likeness (QED) is 0.801. The van der Waals surface area contributed by atoms with Crippen LogP contribution in [0.2, 0.25) is 0 Å². The third-order valence-electron chi connectivity index (χ3n) is 3.39. The lowest BCUT2D eigenvalue weighted by atomic mass is 10.2. The van der Waals surface area contributed by atoms with Gasteiger partial charge in [-0.3, -0.25) is 4.79 Å². The molecule has 0 aliphatic carbocycles. The number of aromatic amines is 1. The molecule has 0 radical (unpaired) electrons. The molecule has 0 saturated carbocycles. The van der Waals surface area contributed by atoms with Gasteiger partial charge in [-0.15, -0.1) is 0 Å². The average Bonchev–Trinajstić information content (AvgIpc) is 2.94. The first-order chi connectivity index (χ1) is 10.9. The average molecular weight is 332 g/mol. The maximum absolute atomic E-state index is 13.4. The summed E-state index contributed by atoms with van der Waals surface area (Å²) >= 11 is 0. The number of H-pyrrole nitrogens is 1. The van der Waals surface area contributed by atoms with E-state index in [1.165, 1.54) is 30.3 Å². The number of sulfonamides is 1. The summed E-state index contributed by atoms with van der Waals surface area (Å²) in [5.41, 5.74) is 0.595. The zero-order valence-corrected chi connectivity index (χ0v) is 13.0. The van der Waals surface area contributed by atoms with Gasteiger partial charge in [-0.25, -0.2) is 17.1 Å². The Morgan fingerprint density at radius 3 is 2.61 bits per heavy atom. The molecule has 0 aliphatic rings. The van der Waals surface area contributed by atoms with E-state index < -0.39 is 21.7 Å². The third kappa shape index (κ3) is 2.70. The lowest BCUT2D eigenvalue weighted by Crippen LogP contribution is -2.35. The summed E-state index contributed by atoms with van der Waals surface area (Å²) in [4.78, 5) is 14.8. The number of carbonyl (C=O) groups is 1. The van der Waals surface area contributed by atoms with Gasteiger partial charge in [0.25, 0.3) is 10.0 Å². The number of nitrogens with one attached hydrogen (secondary N) is 1. The van der Waals surface area contributed by atoms with Crippen LogP contribution in [0.15, 0.2) is 59.6 Å². The fourth-order valence-electron chi connectivity index (χ4n) is 2.39. The molecule has 118 valence electrons. The Balaban J connectivity index is 2.15. The summed E-state index contributed by atoms with van der Waals surface area (Å²) in [6, 6.07) is 11.2. The summed E-state index contributed by atoms with van der Waals surface area (Å²) in [5, 5.41) is 0.851. The molecule has 1 amide bonds. The molecule has 3 rings (SSSR count). The van der Waals surface area contributed by atoms with Gasteiger partial charge in [-0.1, -0.05) is 12.1 Å². The Labute approximate surface area is 132 Å². The first kappa shape index (κ1) is 15.2. The first-order valence-electron chi connectivity index (χ1n) is 6.78. The summed E-state index contributed by atoms with van der Waals surface area (Å²) in [6.07, 6.45) is 1.69. The van der Waals surface area contributed by atoms with E-state index in [2.05, 4.69) is 4.98 Å². The molecule has 2 aromatic carbocycles. The number of benzene rings is 2. The highest BCUT2D eigenvalue weighted by atomic mass is 32.2. The fourth-order valence-corrected chi connectivity index (χ4v) is 3.83. The Morgan fingerprint density at radius 2 is 1.91 bits per heavy atom. The number of carbonyl (C=O) groups excluding carboxylic acids is 1. The normalized spacial score (nSPS) is 11.6. The minimum Gasteiger partial charge on any atom is -0.361 e. The molecule has 5 nitrogen and oxygen atoms in total. The van der Waals surface area contributed by atoms with Gasteiger partial charge < -0.3 is 4.98 Å². The van der Waals surface area contributed by atoms with Crippen molar-refractivity contribution in [1.29, 1.82) is 0 Å². The number of hydrogen-bond donors (Lipinski definition) is 1. The zero-order chi connectivity index (χ0) is 16.6. The van der Waals surface area contributed by atoms with Crippen LogP contribution in [-0.4, -0.2) is 19.3 Å². The number of hydrogen-bond acceptors (Lipinski definition) is 3. The van der Waals surface area contributed by atoms with Gasteiger partial charge in [0, 0.05) is 18.6 Å². The van der Waals surface area contributed by atoms with E-state index in [9.17, 15) is 17.6 Å². The smallest absolute Gasteiger partial charge is 0.270 e. The SMILES string of the molecule is CC(=O)N(c1cccc(F)c1)S(=O)(=O)c1ccc2cc[nH]c2c1. The van der Waals surface area contributed by atoms with Crippen molar-refractivity contribution in [2.75, 3.05) is 4.31 Å². The zero-order valence-electron chi connectivity index (χ0n) is 12.2. The van der Waals surface area contributed by atoms with Gasteiger partial charge in [-0.2, -0.15) is 0 Å². The molecular formula is C16H13FN2O3S. The largest absolute Gasteiger partial charge is 0.361 e. The van der Waals surface area contributed by atoms with E-state index >= 15 is 0 Å². The Bertz CT molecular complexity index is 995. The van der Waals surface area contributed by atoms with Crippen LogP contribution in [0.1, 0.15) is 6.92 Å². The van der Waals surface area contributed by atoms with Crippen molar-refractivity contribution in [3.8, 4) is 0 Å². The molecule has 1 heterocycles. The van der Waals surface area contributed by atoms with Crippen molar-refractivity contribution in [2.45, 2.75) is 11.8 Å². The summed E-state index contributed by atoms with van der Waals surface area (Å²) in [6.45, 7) is 1.12. The highest BCUT2D eigenvalue weighted by Crippen LogP contribution is 2.26. The van der Waals surface area contributed by atoms with Gasteiger partial charge in [0.05, 0.1) is 10.6 Å². The predicted molar refractivity (Wildman–Crippen MR) is 85.0 cm³/mol. The Kier molecular flexibility index (Phi) is 3.65. The summed E-state index contributed by atoms with van der Waals surface area (Å²) in [5.74, 6) is -1.34. The fraction of sp³-hybridized carbons (Fsp3) is 0.0625. The molecule has 1 N–H and O–H groups in total. The number of aromatic nitrogens is 1. The van der Waals surface area contributed by atoms with Crippen molar-refractivity contribution in [2.24, 2.45) is 0 Å². The molecule has 0 unspecified atom stereocenters. The van der Waals surface area contributed by atoms with Crippen molar-refractivity contribution >= 4 is 32.5 Å². The number of nitrogens with zero attached hydrogens (tertiary/aromatic N) is 1. The number of rotatable bonds is 3. The predicted octanol–water partition coefficient (Wildman–Crippen LogP) is 3.05. The van der Waals surface area contributed by atoms with Gasteiger partial charge in [0.2, 0.25) is 5.91 Å². The van der Waals surface area contributed by atoms with Gasteiger partial charge in [-0.05, 0) is 41.8 Å². The number of fused-ring (bicyclic) bond motifs is 1. The molecule has 7 heteroatoms.